The third-order valence-electron chi connectivity index (χ3n) is 2.84. The van der Waals surface area contributed by atoms with E-state index in [-0.39, 0.29) is 5.91 Å². The summed E-state index contributed by atoms with van der Waals surface area (Å²) in [6.45, 7) is 1.39. The Morgan fingerprint density at radius 3 is 2.81 bits per heavy atom. The summed E-state index contributed by atoms with van der Waals surface area (Å²) in [7, 11) is 0. The summed E-state index contributed by atoms with van der Waals surface area (Å²) in [5.41, 5.74) is 2.53. The molecule has 0 saturated carbocycles. The van der Waals surface area contributed by atoms with Crippen LogP contribution in [0.3, 0.4) is 0 Å². The Morgan fingerprint density at radius 1 is 1.29 bits per heavy atom. The van der Waals surface area contributed by atoms with Crippen LogP contribution in [0.5, 0.6) is 0 Å². The molecule has 0 bridgehead atoms. The van der Waals surface area contributed by atoms with Crippen molar-refractivity contribution < 1.29 is 9.18 Å². The number of anilines is 1. The number of benzene rings is 1. The van der Waals surface area contributed by atoms with Crippen LogP contribution in [0.1, 0.15) is 6.92 Å². The van der Waals surface area contributed by atoms with Crippen molar-refractivity contribution in [1.29, 1.82) is 0 Å². The fourth-order valence-electron chi connectivity index (χ4n) is 1.92. The summed E-state index contributed by atoms with van der Waals surface area (Å²) in [5.74, 6) is -0.626. The van der Waals surface area contributed by atoms with E-state index in [2.05, 4.69) is 10.3 Å². The smallest absolute Gasteiger partial charge is 0.221 e. The van der Waals surface area contributed by atoms with E-state index in [1.54, 1.807) is 23.5 Å². The van der Waals surface area contributed by atoms with Gasteiger partial charge in [0, 0.05) is 34.5 Å². The van der Waals surface area contributed by atoms with Crippen LogP contribution >= 0.6 is 22.7 Å². The van der Waals surface area contributed by atoms with E-state index in [9.17, 15) is 9.18 Å². The number of hydrogen-bond acceptors (Lipinski definition) is 4. The average Bonchev–Trinajstić information content (AvgIpc) is 3.09. The van der Waals surface area contributed by atoms with Gasteiger partial charge in [0.1, 0.15) is 10.8 Å². The van der Waals surface area contributed by atoms with Crippen LogP contribution in [0.2, 0.25) is 0 Å². The summed E-state index contributed by atoms with van der Waals surface area (Å²) in [4.78, 5) is 15.4. The van der Waals surface area contributed by atoms with E-state index < -0.39 is 5.82 Å². The average molecular weight is 318 g/mol. The van der Waals surface area contributed by atoms with E-state index in [1.165, 1.54) is 24.3 Å². The number of hydrogen-bond donors (Lipinski definition) is 1. The van der Waals surface area contributed by atoms with E-state index in [0.717, 1.165) is 10.6 Å². The Hall–Kier alpha value is -2.05. The van der Waals surface area contributed by atoms with Gasteiger partial charge in [-0.3, -0.25) is 4.79 Å². The maximum atomic E-state index is 14.2. The van der Waals surface area contributed by atoms with Crippen LogP contribution in [0.25, 0.3) is 21.8 Å². The molecular weight excluding hydrogens is 307 g/mol. The van der Waals surface area contributed by atoms with Crippen molar-refractivity contribution in [2.45, 2.75) is 6.92 Å². The molecule has 0 atom stereocenters. The van der Waals surface area contributed by atoms with E-state index in [1.807, 2.05) is 22.2 Å². The number of carbonyl (C=O) groups is 1. The Labute approximate surface area is 129 Å². The zero-order valence-corrected chi connectivity index (χ0v) is 12.7. The second kappa shape index (κ2) is 5.75. The maximum absolute atomic E-state index is 14.2. The first-order valence-corrected chi connectivity index (χ1v) is 8.01. The molecule has 0 fully saturated rings. The maximum Gasteiger partial charge on any atom is 0.221 e. The van der Waals surface area contributed by atoms with E-state index in [0.29, 0.717) is 16.9 Å². The van der Waals surface area contributed by atoms with Gasteiger partial charge >= 0.3 is 0 Å². The fraction of sp³-hybridized carbons (Fsp3) is 0.0667. The first kappa shape index (κ1) is 13.9. The molecule has 0 spiro atoms. The van der Waals surface area contributed by atoms with Gasteiger partial charge in [0.25, 0.3) is 0 Å². The molecule has 0 aliphatic carbocycles. The monoisotopic (exact) mass is 318 g/mol. The van der Waals surface area contributed by atoms with Gasteiger partial charge in [-0.1, -0.05) is 0 Å². The molecule has 3 rings (SSSR count). The van der Waals surface area contributed by atoms with Crippen LogP contribution in [-0.4, -0.2) is 10.9 Å². The van der Waals surface area contributed by atoms with Gasteiger partial charge in [-0.25, -0.2) is 9.37 Å². The van der Waals surface area contributed by atoms with Crippen LogP contribution in [0.4, 0.5) is 10.1 Å². The second-order valence-electron chi connectivity index (χ2n) is 4.43. The Morgan fingerprint density at radius 2 is 2.14 bits per heavy atom. The lowest BCUT2D eigenvalue weighted by Crippen LogP contribution is -2.05. The molecule has 1 amide bonds. The van der Waals surface area contributed by atoms with Crippen LogP contribution in [-0.2, 0) is 4.79 Å². The van der Waals surface area contributed by atoms with Gasteiger partial charge in [0.2, 0.25) is 5.91 Å². The normalized spacial score (nSPS) is 10.6. The number of thiophene rings is 1. The molecule has 6 heteroatoms. The third-order valence-corrected chi connectivity index (χ3v) is 4.41. The lowest BCUT2D eigenvalue weighted by molar-refractivity contribution is -0.114. The number of amides is 1. The van der Waals surface area contributed by atoms with Crippen molar-refractivity contribution in [2.75, 3.05) is 5.32 Å². The van der Waals surface area contributed by atoms with Crippen molar-refractivity contribution in [3.05, 3.63) is 46.2 Å². The molecule has 0 radical (unpaired) electrons. The zero-order chi connectivity index (χ0) is 14.8. The lowest BCUT2D eigenvalue weighted by atomic mass is 10.1. The van der Waals surface area contributed by atoms with Gasteiger partial charge in [0.15, 0.2) is 0 Å². The first-order chi connectivity index (χ1) is 10.1. The third kappa shape index (κ3) is 3.01. The minimum absolute atomic E-state index is 0.226. The number of nitrogens with zero attached hydrogens (tertiary/aromatic N) is 1. The van der Waals surface area contributed by atoms with Crippen molar-refractivity contribution in [1.82, 2.24) is 4.98 Å². The molecule has 3 nitrogen and oxygen atoms in total. The van der Waals surface area contributed by atoms with Crippen molar-refractivity contribution >= 4 is 34.3 Å². The van der Waals surface area contributed by atoms with Gasteiger partial charge in [-0.05, 0) is 29.6 Å². The largest absolute Gasteiger partial charge is 0.326 e. The molecule has 0 saturated heterocycles. The number of halogens is 1. The molecule has 3 aromatic rings. The molecule has 106 valence electrons. The summed E-state index contributed by atoms with van der Waals surface area (Å²) >= 11 is 3.09. The van der Waals surface area contributed by atoms with Gasteiger partial charge in [-0.2, -0.15) is 11.3 Å². The molecule has 2 aromatic heterocycles. The number of thiazole rings is 1. The molecule has 21 heavy (non-hydrogen) atoms. The Kier molecular flexibility index (Phi) is 3.81. The molecule has 0 aliphatic heterocycles. The Bertz CT molecular complexity index is 781. The van der Waals surface area contributed by atoms with Crippen LogP contribution < -0.4 is 5.32 Å². The molecular formula is C15H11FN2OS2. The topological polar surface area (TPSA) is 42.0 Å². The van der Waals surface area contributed by atoms with Crippen molar-refractivity contribution in [3.63, 3.8) is 0 Å². The second-order valence-corrected chi connectivity index (χ2v) is 6.06. The van der Waals surface area contributed by atoms with Gasteiger partial charge in [0.05, 0.1) is 5.69 Å². The summed E-state index contributed by atoms with van der Waals surface area (Å²) in [6.07, 6.45) is 0. The molecule has 2 heterocycles. The number of carbonyl (C=O) groups excluding carboxylic acids is 1. The van der Waals surface area contributed by atoms with Crippen molar-refractivity contribution in [3.8, 4) is 21.8 Å². The SMILES string of the molecule is CC(=O)Nc1ccc(-c2csc(-c3ccsc3)n2)c(F)c1. The zero-order valence-electron chi connectivity index (χ0n) is 11.1. The summed E-state index contributed by atoms with van der Waals surface area (Å²) in [6, 6.07) is 6.60. The van der Waals surface area contributed by atoms with Gasteiger partial charge < -0.3 is 5.32 Å². The molecule has 1 N–H and O–H groups in total. The highest BCUT2D eigenvalue weighted by molar-refractivity contribution is 7.14. The van der Waals surface area contributed by atoms with E-state index in [4.69, 9.17) is 0 Å². The lowest BCUT2D eigenvalue weighted by Gasteiger charge is -2.04. The van der Waals surface area contributed by atoms with Crippen LogP contribution in [0, 0.1) is 5.82 Å². The standard InChI is InChI=1S/C15H11FN2OS2/c1-9(19)17-11-2-3-12(13(16)6-11)14-8-21-15(18-14)10-4-5-20-7-10/h2-8H,1H3,(H,17,19). The summed E-state index contributed by atoms with van der Waals surface area (Å²) < 4.78 is 14.2. The first-order valence-electron chi connectivity index (χ1n) is 6.19. The minimum Gasteiger partial charge on any atom is -0.326 e. The number of nitrogens with one attached hydrogen (secondary N) is 1. The molecule has 1 aromatic carbocycles. The minimum atomic E-state index is -0.400. The predicted octanol–water partition coefficient (Wildman–Crippen LogP) is 4.64. The highest BCUT2D eigenvalue weighted by Crippen LogP contribution is 2.31. The molecule has 0 aliphatic rings. The van der Waals surface area contributed by atoms with Crippen molar-refractivity contribution in [2.24, 2.45) is 0 Å². The number of rotatable bonds is 3. The van der Waals surface area contributed by atoms with Crippen LogP contribution in [0.15, 0.2) is 40.4 Å². The number of aromatic nitrogens is 1. The summed E-state index contributed by atoms with van der Waals surface area (Å²) in [5, 5.41) is 9.26. The fourth-order valence-corrected chi connectivity index (χ4v) is 3.45. The molecule has 0 unspecified atom stereocenters. The highest BCUT2D eigenvalue weighted by atomic mass is 32.1. The highest BCUT2D eigenvalue weighted by Gasteiger charge is 2.11. The van der Waals surface area contributed by atoms with E-state index >= 15 is 0 Å². The predicted molar refractivity (Wildman–Crippen MR) is 85.1 cm³/mol. The Balaban J connectivity index is 1.92. The quantitative estimate of drug-likeness (QED) is 0.764. The van der Waals surface area contributed by atoms with Gasteiger partial charge in [-0.15, -0.1) is 11.3 Å².